The lowest BCUT2D eigenvalue weighted by Gasteiger charge is -2.11. The molecule has 0 aliphatic rings. The van der Waals surface area contributed by atoms with Gasteiger partial charge in [0.2, 0.25) is 0 Å². The zero-order valence-electron chi connectivity index (χ0n) is 12.8. The molecule has 20 heavy (non-hydrogen) atoms. The fourth-order valence-electron chi connectivity index (χ4n) is 2.50. The van der Waals surface area contributed by atoms with Crippen LogP contribution in [0.25, 0.3) is 6.08 Å². The molecule has 0 aromatic heterocycles. The van der Waals surface area contributed by atoms with Crippen LogP contribution in [-0.2, 0) is 6.42 Å². The van der Waals surface area contributed by atoms with E-state index in [2.05, 4.69) is 81.5 Å². The lowest BCUT2D eigenvalue weighted by atomic mass is 9.95. The summed E-state index contributed by atoms with van der Waals surface area (Å²) in [6.45, 7) is 6.69. The van der Waals surface area contributed by atoms with Crippen molar-refractivity contribution < 1.29 is 0 Å². The molecule has 2 rings (SSSR count). The molecule has 0 bridgehead atoms. The fraction of sp³-hybridized carbons (Fsp3) is 0.300. The first-order valence-electron chi connectivity index (χ1n) is 7.43. The molecule has 0 saturated carbocycles. The normalized spacial score (nSPS) is 12.8. The van der Waals surface area contributed by atoms with Crippen molar-refractivity contribution >= 4 is 6.08 Å². The lowest BCUT2D eigenvalue weighted by molar-refractivity contribution is 0.589. The van der Waals surface area contributed by atoms with Gasteiger partial charge in [0, 0.05) is 0 Å². The van der Waals surface area contributed by atoms with Gasteiger partial charge in [-0.3, -0.25) is 0 Å². The van der Waals surface area contributed by atoms with Gasteiger partial charge >= 0.3 is 0 Å². The molecule has 104 valence electrons. The molecule has 1 atom stereocenters. The largest absolute Gasteiger partial charge is 0.0837 e. The minimum absolute atomic E-state index is 0.677. The number of rotatable bonds is 5. The van der Waals surface area contributed by atoms with Crippen LogP contribution in [0.3, 0.4) is 0 Å². The van der Waals surface area contributed by atoms with E-state index in [-0.39, 0.29) is 0 Å². The molecule has 0 fully saturated rings. The van der Waals surface area contributed by atoms with E-state index >= 15 is 0 Å². The summed E-state index contributed by atoms with van der Waals surface area (Å²) < 4.78 is 0. The van der Waals surface area contributed by atoms with Crippen LogP contribution < -0.4 is 0 Å². The van der Waals surface area contributed by atoms with Crippen LogP contribution in [0.1, 0.15) is 35.6 Å². The van der Waals surface area contributed by atoms with Crippen molar-refractivity contribution in [3.8, 4) is 0 Å². The Morgan fingerprint density at radius 3 is 2.25 bits per heavy atom. The zero-order chi connectivity index (χ0) is 14.4. The molecule has 0 saturated heterocycles. The molecule has 0 aliphatic carbocycles. The predicted octanol–water partition coefficient (Wildman–Crippen LogP) is 5.59. The molecule has 2 aromatic carbocycles. The molecule has 0 nitrogen and oxygen atoms in total. The van der Waals surface area contributed by atoms with Gasteiger partial charge in [0.1, 0.15) is 0 Å². The van der Waals surface area contributed by atoms with Crippen molar-refractivity contribution in [1.82, 2.24) is 0 Å². The molecule has 0 heterocycles. The van der Waals surface area contributed by atoms with Crippen LogP contribution in [0.4, 0.5) is 0 Å². The summed E-state index contributed by atoms with van der Waals surface area (Å²) in [4.78, 5) is 0. The average Bonchev–Trinajstić information content (AvgIpc) is 2.43. The van der Waals surface area contributed by atoms with Gasteiger partial charge < -0.3 is 0 Å². The summed E-state index contributed by atoms with van der Waals surface area (Å²) in [5, 5.41) is 0. The molecule has 0 N–H and O–H groups in total. The second-order valence-corrected chi connectivity index (χ2v) is 5.73. The average molecular weight is 264 g/mol. The van der Waals surface area contributed by atoms with E-state index in [0.29, 0.717) is 5.92 Å². The van der Waals surface area contributed by atoms with Gasteiger partial charge in [-0.2, -0.15) is 0 Å². The summed E-state index contributed by atoms with van der Waals surface area (Å²) in [7, 11) is 0. The lowest BCUT2D eigenvalue weighted by Crippen LogP contribution is -2.00. The molecule has 0 heteroatoms. The molecule has 0 radical (unpaired) electrons. The van der Waals surface area contributed by atoms with E-state index in [1.165, 1.54) is 22.3 Å². The Labute approximate surface area is 123 Å². The quantitative estimate of drug-likeness (QED) is 0.660. The Hall–Kier alpha value is -1.82. The summed E-state index contributed by atoms with van der Waals surface area (Å²) in [5.74, 6) is 0.677. The Morgan fingerprint density at radius 1 is 0.900 bits per heavy atom. The summed E-state index contributed by atoms with van der Waals surface area (Å²) in [6.07, 6.45) is 6.85. The van der Waals surface area contributed by atoms with Crippen molar-refractivity contribution in [2.75, 3.05) is 0 Å². The Kier molecular flexibility index (Phi) is 5.17. The smallest absolute Gasteiger partial charge is 0.0231 e. The second kappa shape index (κ2) is 7.09. The SMILES string of the molecule is Cc1ccccc1C=CCC(C)Cc1ccccc1C. The van der Waals surface area contributed by atoms with Crippen molar-refractivity contribution in [3.63, 3.8) is 0 Å². The van der Waals surface area contributed by atoms with Crippen molar-refractivity contribution in [2.24, 2.45) is 5.92 Å². The highest BCUT2D eigenvalue weighted by Gasteiger charge is 2.04. The topological polar surface area (TPSA) is 0 Å². The van der Waals surface area contributed by atoms with Gasteiger partial charge in [-0.05, 0) is 54.9 Å². The van der Waals surface area contributed by atoms with E-state index in [0.717, 1.165) is 12.8 Å². The zero-order valence-corrected chi connectivity index (χ0v) is 12.8. The Balaban J connectivity index is 1.91. The van der Waals surface area contributed by atoms with Gasteiger partial charge in [0.15, 0.2) is 0 Å². The minimum atomic E-state index is 0.677. The van der Waals surface area contributed by atoms with Crippen molar-refractivity contribution in [2.45, 2.75) is 33.6 Å². The van der Waals surface area contributed by atoms with Crippen LogP contribution in [0, 0.1) is 19.8 Å². The van der Waals surface area contributed by atoms with Gasteiger partial charge in [-0.25, -0.2) is 0 Å². The van der Waals surface area contributed by atoms with E-state index in [4.69, 9.17) is 0 Å². The third-order valence-corrected chi connectivity index (χ3v) is 3.85. The second-order valence-electron chi connectivity index (χ2n) is 5.73. The first-order valence-corrected chi connectivity index (χ1v) is 7.43. The van der Waals surface area contributed by atoms with Crippen molar-refractivity contribution in [3.05, 3.63) is 76.9 Å². The molecular formula is C20H24. The fourth-order valence-corrected chi connectivity index (χ4v) is 2.50. The molecule has 0 spiro atoms. The third-order valence-electron chi connectivity index (χ3n) is 3.85. The standard InChI is InChI=1S/C20H24/c1-16(15-20-13-7-5-11-18(20)3)9-8-14-19-12-6-4-10-17(19)2/h4-8,10-14,16H,9,15H2,1-3H3. The molecular weight excluding hydrogens is 240 g/mol. The Morgan fingerprint density at radius 2 is 1.55 bits per heavy atom. The van der Waals surface area contributed by atoms with E-state index in [9.17, 15) is 0 Å². The van der Waals surface area contributed by atoms with Gasteiger partial charge in [0.25, 0.3) is 0 Å². The van der Waals surface area contributed by atoms with Crippen LogP contribution in [0.15, 0.2) is 54.6 Å². The minimum Gasteiger partial charge on any atom is -0.0837 e. The highest BCUT2D eigenvalue weighted by Crippen LogP contribution is 2.17. The van der Waals surface area contributed by atoms with E-state index in [1.54, 1.807) is 0 Å². The monoisotopic (exact) mass is 264 g/mol. The van der Waals surface area contributed by atoms with E-state index < -0.39 is 0 Å². The summed E-state index contributed by atoms with van der Waals surface area (Å²) in [5.41, 5.74) is 5.55. The van der Waals surface area contributed by atoms with E-state index in [1.807, 2.05) is 0 Å². The first-order chi connectivity index (χ1) is 9.66. The predicted molar refractivity (Wildman–Crippen MR) is 88.9 cm³/mol. The number of benzene rings is 2. The summed E-state index contributed by atoms with van der Waals surface area (Å²) >= 11 is 0. The van der Waals surface area contributed by atoms with Crippen molar-refractivity contribution in [1.29, 1.82) is 0 Å². The van der Waals surface area contributed by atoms with Gasteiger partial charge in [-0.1, -0.05) is 67.6 Å². The number of hydrogen-bond acceptors (Lipinski definition) is 0. The molecule has 1 unspecified atom stereocenters. The number of aryl methyl sites for hydroxylation is 2. The Bertz CT molecular complexity index is 578. The third kappa shape index (κ3) is 4.09. The molecule has 0 aliphatic heterocycles. The van der Waals surface area contributed by atoms with Gasteiger partial charge in [-0.15, -0.1) is 0 Å². The first kappa shape index (κ1) is 14.6. The molecule has 0 amide bonds. The van der Waals surface area contributed by atoms with Crippen LogP contribution in [0.2, 0.25) is 0 Å². The highest BCUT2D eigenvalue weighted by atomic mass is 14.1. The maximum Gasteiger partial charge on any atom is -0.0231 e. The number of allylic oxidation sites excluding steroid dienone is 1. The number of hydrogen-bond donors (Lipinski definition) is 0. The van der Waals surface area contributed by atoms with Crippen LogP contribution in [0.5, 0.6) is 0 Å². The maximum absolute atomic E-state index is 2.33. The maximum atomic E-state index is 2.33. The molecule has 2 aromatic rings. The summed E-state index contributed by atoms with van der Waals surface area (Å²) in [6, 6.07) is 17.2. The highest BCUT2D eigenvalue weighted by molar-refractivity contribution is 5.53. The van der Waals surface area contributed by atoms with Crippen LogP contribution in [-0.4, -0.2) is 0 Å². The van der Waals surface area contributed by atoms with Crippen LogP contribution >= 0.6 is 0 Å². The van der Waals surface area contributed by atoms with Gasteiger partial charge in [0.05, 0.1) is 0 Å².